The Balaban J connectivity index is 1.68. The van der Waals surface area contributed by atoms with Crippen molar-refractivity contribution in [2.45, 2.75) is 19.4 Å². The molecule has 3 nitrogen and oxygen atoms in total. The lowest BCUT2D eigenvalue weighted by molar-refractivity contribution is -0.137. The molecule has 4 rings (SSSR count). The van der Waals surface area contributed by atoms with E-state index in [1.807, 2.05) is 60.7 Å². The Morgan fingerprint density at radius 3 is 1.97 bits per heavy atom. The molecule has 0 bridgehead atoms. The highest BCUT2D eigenvalue weighted by molar-refractivity contribution is 5.72. The zero-order chi connectivity index (χ0) is 24.0. The van der Waals surface area contributed by atoms with E-state index in [1.165, 1.54) is 12.1 Å². The minimum Gasteiger partial charge on any atom is -0.473 e. The molecule has 0 spiro atoms. The number of hydrogen-bond acceptors (Lipinski definition) is 3. The van der Waals surface area contributed by atoms with Crippen LogP contribution in [0.5, 0.6) is 11.8 Å². The summed E-state index contributed by atoms with van der Waals surface area (Å²) in [4.78, 5) is 4.47. The predicted molar refractivity (Wildman–Crippen MR) is 126 cm³/mol. The van der Waals surface area contributed by atoms with E-state index in [1.54, 1.807) is 18.2 Å². The fourth-order valence-electron chi connectivity index (χ4n) is 3.44. The van der Waals surface area contributed by atoms with E-state index in [0.717, 1.165) is 17.2 Å². The van der Waals surface area contributed by atoms with Gasteiger partial charge in [0.05, 0.1) is 5.56 Å². The van der Waals surface area contributed by atoms with Gasteiger partial charge < -0.3 is 9.47 Å². The maximum atomic E-state index is 13.6. The molecule has 0 amide bonds. The highest BCUT2D eigenvalue weighted by Crippen LogP contribution is 2.38. The Labute approximate surface area is 196 Å². The molecule has 4 aromatic rings. The summed E-state index contributed by atoms with van der Waals surface area (Å²) in [6.07, 6.45) is -3.32. The van der Waals surface area contributed by atoms with Crippen molar-refractivity contribution in [3.05, 3.63) is 120 Å². The van der Waals surface area contributed by atoms with Crippen LogP contribution in [0.1, 0.15) is 22.3 Å². The summed E-state index contributed by atoms with van der Waals surface area (Å²) < 4.78 is 52.6. The van der Waals surface area contributed by atoms with Crippen LogP contribution in [0.3, 0.4) is 0 Å². The van der Waals surface area contributed by atoms with E-state index >= 15 is 0 Å². The van der Waals surface area contributed by atoms with Gasteiger partial charge in [0.25, 0.3) is 0 Å². The summed E-state index contributed by atoms with van der Waals surface area (Å²) in [5, 5.41) is 0. The molecule has 172 valence electrons. The highest BCUT2D eigenvalue weighted by Gasteiger charge is 2.33. The molecule has 3 aromatic carbocycles. The first kappa shape index (κ1) is 23.1. The normalized spacial score (nSPS) is 11.1. The van der Waals surface area contributed by atoms with Gasteiger partial charge in [0.15, 0.2) is 0 Å². The van der Waals surface area contributed by atoms with Gasteiger partial charge in [0, 0.05) is 11.6 Å². The van der Waals surface area contributed by atoms with Crippen molar-refractivity contribution in [1.82, 2.24) is 4.98 Å². The second-order valence-corrected chi connectivity index (χ2v) is 7.55. The van der Waals surface area contributed by atoms with Crippen LogP contribution in [0.25, 0.3) is 17.2 Å². The summed E-state index contributed by atoms with van der Waals surface area (Å²) in [5.74, 6) is 0.503. The standard InChI is InChI=1S/C28H22F3NO2/c1-2-22-13-14-23(17-25(22)28(29,30)31)24-15-16-26(33-18-20-9-5-3-6-10-20)32-27(24)34-19-21-11-7-4-8-12-21/h2-17H,1,18-19H2. The third kappa shape index (κ3) is 5.64. The zero-order valence-corrected chi connectivity index (χ0v) is 18.3. The summed E-state index contributed by atoms with van der Waals surface area (Å²) in [7, 11) is 0. The Bertz CT molecular complexity index is 1260. The first-order chi connectivity index (χ1) is 16.4. The van der Waals surface area contributed by atoms with Gasteiger partial charge in [0.1, 0.15) is 13.2 Å². The summed E-state index contributed by atoms with van der Waals surface area (Å²) in [5.41, 5.74) is 1.89. The van der Waals surface area contributed by atoms with Crippen LogP contribution < -0.4 is 9.47 Å². The molecular formula is C28H22F3NO2. The fraction of sp³-hybridized carbons (Fsp3) is 0.107. The number of halogens is 3. The lowest BCUT2D eigenvalue weighted by Gasteiger charge is -2.16. The SMILES string of the molecule is C=Cc1ccc(-c2ccc(OCc3ccccc3)nc2OCc2ccccc2)cc1C(F)(F)F. The minimum atomic E-state index is -4.52. The average Bonchev–Trinajstić information content (AvgIpc) is 2.86. The molecule has 0 atom stereocenters. The number of pyridine rings is 1. The predicted octanol–water partition coefficient (Wildman–Crippen LogP) is 7.57. The van der Waals surface area contributed by atoms with Crippen molar-refractivity contribution in [3.63, 3.8) is 0 Å². The third-order valence-corrected chi connectivity index (χ3v) is 5.17. The number of nitrogens with zero attached hydrogens (tertiary/aromatic N) is 1. The van der Waals surface area contributed by atoms with Crippen molar-refractivity contribution in [1.29, 1.82) is 0 Å². The minimum absolute atomic E-state index is 0.0128. The molecule has 0 saturated carbocycles. The quantitative estimate of drug-likeness (QED) is 0.271. The molecule has 1 heterocycles. The lowest BCUT2D eigenvalue weighted by Crippen LogP contribution is -2.08. The molecule has 0 radical (unpaired) electrons. The molecule has 1 aromatic heterocycles. The van der Waals surface area contributed by atoms with Gasteiger partial charge in [-0.3, -0.25) is 0 Å². The maximum absolute atomic E-state index is 13.6. The second-order valence-electron chi connectivity index (χ2n) is 7.55. The molecular weight excluding hydrogens is 439 g/mol. The number of ether oxygens (including phenoxy) is 2. The van der Waals surface area contributed by atoms with E-state index in [-0.39, 0.29) is 18.1 Å². The van der Waals surface area contributed by atoms with Gasteiger partial charge in [-0.25, -0.2) is 0 Å². The molecule has 0 aliphatic carbocycles. The first-order valence-corrected chi connectivity index (χ1v) is 10.6. The van der Waals surface area contributed by atoms with Crippen LogP contribution in [0, 0.1) is 0 Å². The topological polar surface area (TPSA) is 31.4 Å². The molecule has 6 heteroatoms. The molecule has 0 N–H and O–H groups in total. The molecule has 34 heavy (non-hydrogen) atoms. The van der Waals surface area contributed by atoms with E-state index in [9.17, 15) is 13.2 Å². The Morgan fingerprint density at radius 1 is 0.765 bits per heavy atom. The number of aromatic nitrogens is 1. The van der Waals surface area contributed by atoms with Crippen molar-refractivity contribution < 1.29 is 22.6 Å². The zero-order valence-electron chi connectivity index (χ0n) is 18.3. The van der Waals surface area contributed by atoms with Gasteiger partial charge in [-0.05, 0) is 34.4 Å². The van der Waals surface area contributed by atoms with E-state index in [2.05, 4.69) is 11.6 Å². The van der Waals surface area contributed by atoms with E-state index in [0.29, 0.717) is 23.6 Å². The molecule has 0 saturated heterocycles. The van der Waals surface area contributed by atoms with E-state index < -0.39 is 11.7 Å². The average molecular weight is 461 g/mol. The van der Waals surface area contributed by atoms with Gasteiger partial charge >= 0.3 is 6.18 Å². The van der Waals surface area contributed by atoms with Crippen LogP contribution in [0.4, 0.5) is 13.2 Å². The second kappa shape index (κ2) is 10.3. The Hall–Kier alpha value is -4.06. The largest absolute Gasteiger partial charge is 0.473 e. The van der Waals surface area contributed by atoms with Crippen LogP contribution in [0.2, 0.25) is 0 Å². The molecule has 0 fully saturated rings. The number of rotatable bonds is 8. The summed E-state index contributed by atoms with van der Waals surface area (Å²) in [6.45, 7) is 4.00. The first-order valence-electron chi connectivity index (χ1n) is 10.6. The Morgan fingerprint density at radius 2 is 1.38 bits per heavy atom. The van der Waals surface area contributed by atoms with Crippen LogP contribution in [-0.4, -0.2) is 4.98 Å². The van der Waals surface area contributed by atoms with Crippen LogP contribution in [-0.2, 0) is 19.4 Å². The summed E-state index contributed by atoms with van der Waals surface area (Å²) >= 11 is 0. The summed E-state index contributed by atoms with van der Waals surface area (Å²) in [6, 6.07) is 26.4. The fourth-order valence-corrected chi connectivity index (χ4v) is 3.44. The molecule has 0 aliphatic rings. The third-order valence-electron chi connectivity index (χ3n) is 5.17. The van der Waals surface area contributed by atoms with Gasteiger partial charge in [-0.1, -0.05) is 85.5 Å². The maximum Gasteiger partial charge on any atom is 0.417 e. The number of benzene rings is 3. The van der Waals surface area contributed by atoms with Crippen molar-refractivity contribution in [2.75, 3.05) is 0 Å². The monoisotopic (exact) mass is 461 g/mol. The van der Waals surface area contributed by atoms with E-state index in [4.69, 9.17) is 9.47 Å². The van der Waals surface area contributed by atoms with Gasteiger partial charge in [0.2, 0.25) is 11.8 Å². The molecule has 0 aliphatic heterocycles. The smallest absolute Gasteiger partial charge is 0.417 e. The molecule has 0 unspecified atom stereocenters. The van der Waals surface area contributed by atoms with Crippen molar-refractivity contribution >= 4 is 6.08 Å². The Kier molecular flexibility index (Phi) is 6.97. The van der Waals surface area contributed by atoms with Gasteiger partial charge in [-0.15, -0.1) is 0 Å². The van der Waals surface area contributed by atoms with Crippen LogP contribution >= 0.6 is 0 Å². The number of hydrogen-bond donors (Lipinski definition) is 0. The van der Waals surface area contributed by atoms with Crippen LogP contribution in [0.15, 0.2) is 97.6 Å². The lowest BCUT2D eigenvalue weighted by atomic mass is 9.99. The van der Waals surface area contributed by atoms with Gasteiger partial charge in [-0.2, -0.15) is 18.2 Å². The van der Waals surface area contributed by atoms with Crippen molar-refractivity contribution in [3.8, 4) is 22.9 Å². The van der Waals surface area contributed by atoms with Crippen molar-refractivity contribution in [2.24, 2.45) is 0 Å². The highest BCUT2D eigenvalue weighted by atomic mass is 19.4. The number of alkyl halides is 3.